The summed E-state index contributed by atoms with van der Waals surface area (Å²) in [7, 11) is 0. The van der Waals surface area contributed by atoms with Crippen LogP contribution < -0.4 is 10.1 Å². The highest BCUT2D eigenvalue weighted by atomic mass is 79.9. The van der Waals surface area contributed by atoms with Crippen LogP contribution in [0.3, 0.4) is 0 Å². The quantitative estimate of drug-likeness (QED) is 0.819. The van der Waals surface area contributed by atoms with Gasteiger partial charge in [0, 0.05) is 24.2 Å². The lowest BCUT2D eigenvalue weighted by atomic mass is 10.0. The van der Waals surface area contributed by atoms with Crippen molar-refractivity contribution in [3.63, 3.8) is 0 Å². The molecule has 1 aromatic rings. The van der Waals surface area contributed by atoms with Gasteiger partial charge in [0.15, 0.2) is 0 Å². The normalized spacial score (nSPS) is 19.7. The Morgan fingerprint density at radius 3 is 2.89 bits per heavy atom. The molecule has 1 unspecified atom stereocenters. The lowest BCUT2D eigenvalue weighted by molar-refractivity contribution is 0.0546. The van der Waals surface area contributed by atoms with E-state index in [0.717, 1.165) is 36.5 Å². The molecule has 3 nitrogen and oxygen atoms in total. The van der Waals surface area contributed by atoms with Crippen molar-refractivity contribution in [2.75, 3.05) is 32.9 Å². The van der Waals surface area contributed by atoms with Crippen LogP contribution in [0.5, 0.6) is 5.75 Å². The summed E-state index contributed by atoms with van der Waals surface area (Å²) in [5.41, 5.74) is 0. The molecular weight excluding hydrogens is 294 g/mol. The average Bonchev–Trinajstić information content (AvgIpc) is 2.42. The van der Waals surface area contributed by atoms with E-state index in [1.807, 2.05) is 24.3 Å². The third-order valence-corrected chi connectivity index (χ3v) is 3.58. The van der Waals surface area contributed by atoms with Gasteiger partial charge in [0.1, 0.15) is 12.4 Å². The molecule has 0 spiro atoms. The number of halogens is 1. The monoisotopic (exact) mass is 313 g/mol. The van der Waals surface area contributed by atoms with Crippen LogP contribution in [0.4, 0.5) is 0 Å². The van der Waals surface area contributed by atoms with Crippen LogP contribution in [0.2, 0.25) is 0 Å². The van der Waals surface area contributed by atoms with Gasteiger partial charge in [0.05, 0.1) is 6.61 Å². The van der Waals surface area contributed by atoms with Gasteiger partial charge in [-0.2, -0.15) is 0 Å². The van der Waals surface area contributed by atoms with Crippen LogP contribution in [0, 0.1) is 5.92 Å². The number of benzene rings is 1. The molecule has 1 aliphatic rings. The molecule has 0 radical (unpaired) electrons. The molecule has 1 N–H and O–H groups in total. The number of hydrogen-bond acceptors (Lipinski definition) is 3. The van der Waals surface area contributed by atoms with Gasteiger partial charge in [-0.05, 0) is 43.0 Å². The van der Waals surface area contributed by atoms with Gasteiger partial charge in [0.25, 0.3) is 0 Å². The Morgan fingerprint density at radius 2 is 2.17 bits per heavy atom. The number of rotatable bonds is 6. The predicted octanol–water partition coefficient (Wildman–Crippen LogP) is 2.84. The zero-order valence-corrected chi connectivity index (χ0v) is 12.1. The Labute approximate surface area is 117 Å². The number of hydrogen-bond donors (Lipinski definition) is 1. The van der Waals surface area contributed by atoms with Crippen molar-refractivity contribution in [3.05, 3.63) is 28.7 Å². The smallest absolute Gasteiger partial charge is 0.119 e. The van der Waals surface area contributed by atoms with Crippen molar-refractivity contribution in [1.29, 1.82) is 0 Å². The fraction of sp³-hybridized carbons (Fsp3) is 0.571. The van der Waals surface area contributed by atoms with Crippen molar-refractivity contribution in [2.45, 2.75) is 12.8 Å². The minimum Gasteiger partial charge on any atom is -0.492 e. The van der Waals surface area contributed by atoms with Crippen molar-refractivity contribution in [1.82, 2.24) is 5.32 Å². The largest absolute Gasteiger partial charge is 0.492 e. The fourth-order valence-corrected chi connectivity index (χ4v) is 2.31. The van der Waals surface area contributed by atoms with E-state index in [-0.39, 0.29) is 0 Å². The molecule has 1 fully saturated rings. The van der Waals surface area contributed by atoms with Crippen LogP contribution in [-0.2, 0) is 4.74 Å². The van der Waals surface area contributed by atoms with E-state index in [1.165, 1.54) is 12.8 Å². The van der Waals surface area contributed by atoms with Gasteiger partial charge in [0.2, 0.25) is 0 Å². The first-order valence-electron chi connectivity index (χ1n) is 6.51. The summed E-state index contributed by atoms with van der Waals surface area (Å²) in [6.07, 6.45) is 2.47. The van der Waals surface area contributed by atoms with Crippen molar-refractivity contribution >= 4 is 15.9 Å². The average molecular weight is 314 g/mol. The van der Waals surface area contributed by atoms with Crippen LogP contribution in [-0.4, -0.2) is 32.9 Å². The summed E-state index contributed by atoms with van der Waals surface area (Å²) in [6, 6.07) is 7.92. The Hall–Kier alpha value is -0.580. The van der Waals surface area contributed by atoms with Gasteiger partial charge in [-0.3, -0.25) is 0 Å². The Kier molecular flexibility index (Phi) is 5.97. The molecule has 1 aromatic carbocycles. The molecule has 1 atom stereocenters. The molecule has 0 amide bonds. The lowest BCUT2D eigenvalue weighted by Crippen LogP contribution is -2.31. The second-order valence-electron chi connectivity index (χ2n) is 4.59. The molecule has 0 bridgehead atoms. The van der Waals surface area contributed by atoms with E-state index in [1.54, 1.807) is 0 Å². The maximum absolute atomic E-state index is 5.64. The summed E-state index contributed by atoms with van der Waals surface area (Å²) in [6.45, 7) is 4.45. The van der Waals surface area contributed by atoms with E-state index in [2.05, 4.69) is 21.2 Å². The summed E-state index contributed by atoms with van der Waals surface area (Å²) >= 11 is 3.40. The number of ether oxygens (including phenoxy) is 2. The minimum atomic E-state index is 0.673. The predicted molar refractivity (Wildman–Crippen MR) is 76.0 cm³/mol. The summed E-state index contributed by atoms with van der Waals surface area (Å²) in [5.74, 6) is 1.59. The molecule has 2 rings (SSSR count). The third kappa shape index (κ3) is 4.96. The van der Waals surface area contributed by atoms with Gasteiger partial charge in [-0.1, -0.05) is 15.9 Å². The highest BCUT2D eigenvalue weighted by molar-refractivity contribution is 9.10. The molecule has 4 heteroatoms. The van der Waals surface area contributed by atoms with Gasteiger partial charge in [-0.15, -0.1) is 0 Å². The number of nitrogens with one attached hydrogen (secondary N) is 1. The van der Waals surface area contributed by atoms with Crippen LogP contribution in [0.15, 0.2) is 28.7 Å². The molecule has 0 aliphatic carbocycles. The second-order valence-corrected chi connectivity index (χ2v) is 5.51. The highest BCUT2D eigenvalue weighted by Gasteiger charge is 2.12. The maximum Gasteiger partial charge on any atom is 0.119 e. The van der Waals surface area contributed by atoms with Gasteiger partial charge in [-0.25, -0.2) is 0 Å². The van der Waals surface area contributed by atoms with Crippen molar-refractivity contribution < 1.29 is 9.47 Å². The Balaban J connectivity index is 1.54. The van der Waals surface area contributed by atoms with E-state index in [9.17, 15) is 0 Å². The third-order valence-electron chi connectivity index (χ3n) is 3.05. The molecule has 0 saturated carbocycles. The van der Waals surface area contributed by atoms with Gasteiger partial charge >= 0.3 is 0 Å². The van der Waals surface area contributed by atoms with E-state index in [4.69, 9.17) is 9.47 Å². The standard InChI is InChI=1S/C14H20BrNO2/c15-13-3-5-14(6-4-13)18-9-7-16-10-12-2-1-8-17-11-12/h3-6,12,16H,1-2,7-11H2. The van der Waals surface area contributed by atoms with Crippen LogP contribution in [0.1, 0.15) is 12.8 Å². The van der Waals surface area contributed by atoms with Crippen LogP contribution >= 0.6 is 15.9 Å². The minimum absolute atomic E-state index is 0.673. The summed E-state index contributed by atoms with van der Waals surface area (Å²) in [5, 5.41) is 3.42. The Morgan fingerprint density at radius 1 is 1.33 bits per heavy atom. The first kappa shape index (κ1) is 13.8. The van der Waals surface area contributed by atoms with Crippen molar-refractivity contribution in [2.24, 2.45) is 5.92 Å². The molecule has 100 valence electrons. The zero-order valence-electron chi connectivity index (χ0n) is 10.5. The molecule has 18 heavy (non-hydrogen) atoms. The second kappa shape index (κ2) is 7.77. The molecule has 1 aliphatic heterocycles. The summed E-state index contributed by atoms with van der Waals surface area (Å²) in [4.78, 5) is 0. The molecular formula is C14H20BrNO2. The van der Waals surface area contributed by atoms with Gasteiger partial charge < -0.3 is 14.8 Å². The maximum atomic E-state index is 5.64. The first-order chi connectivity index (χ1) is 8.84. The van der Waals surface area contributed by atoms with E-state index in [0.29, 0.717) is 12.5 Å². The molecule has 1 saturated heterocycles. The first-order valence-corrected chi connectivity index (χ1v) is 7.31. The van der Waals surface area contributed by atoms with Crippen molar-refractivity contribution in [3.8, 4) is 5.75 Å². The SMILES string of the molecule is Brc1ccc(OCCNCC2CCCOC2)cc1. The van der Waals surface area contributed by atoms with E-state index < -0.39 is 0 Å². The molecule has 0 aromatic heterocycles. The topological polar surface area (TPSA) is 30.5 Å². The van der Waals surface area contributed by atoms with Crippen LogP contribution in [0.25, 0.3) is 0 Å². The molecule has 1 heterocycles. The highest BCUT2D eigenvalue weighted by Crippen LogP contribution is 2.16. The summed E-state index contributed by atoms with van der Waals surface area (Å²) < 4.78 is 12.2. The lowest BCUT2D eigenvalue weighted by Gasteiger charge is -2.22. The fourth-order valence-electron chi connectivity index (χ4n) is 2.05. The Bertz CT molecular complexity index is 336. The zero-order chi connectivity index (χ0) is 12.6. The van der Waals surface area contributed by atoms with E-state index >= 15 is 0 Å².